The Morgan fingerprint density at radius 2 is 1.52 bits per heavy atom. The number of hydrogen-bond donors (Lipinski definition) is 0. The summed E-state index contributed by atoms with van der Waals surface area (Å²) in [6, 6.07) is 28.0. The maximum Gasteiger partial charge on any atom is 0.356 e. The van der Waals surface area contributed by atoms with Gasteiger partial charge in [0, 0.05) is 28.3 Å². The van der Waals surface area contributed by atoms with Crippen molar-refractivity contribution < 1.29 is 9.53 Å². The molecule has 0 fully saturated rings. The van der Waals surface area contributed by atoms with Gasteiger partial charge in [-0.1, -0.05) is 91.0 Å². The van der Waals surface area contributed by atoms with Crippen molar-refractivity contribution in [3.05, 3.63) is 130 Å². The summed E-state index contributed by atoms with van der Waals surface area (Å²) < 4.78 is 6.12. The van der Waals surface area contributed by atoms with Crippen LogP contribution in [0.5, 0.6) is 0 Å². The Bertz CT molecular complexity index is 1240. The fraction of sp³-hybridized carbons (Fsp3) is 0.0741. The molecule has 0 N–H and O–H groups in total. The van der Waals surface area contributed by atoms with E-state index in [-0.39, 0.29) is 5.97 Å². The van der Waals surface area contributed by atoms with Crippen LogP contribution in [0.1, 0.15) is 17.2 Å². The van der Waals surface area contributed by atoms with E-state index in [1.54, 1.807) is 11.8 Å². The standard InChI is InChI=1S/C27H21NO2S/c29-27(30-26(21-11-3-1-4-12-21)22-13-5-2-6-14-22)25-19-31-18-24-23-16-8-7-10-20(23)15-9-17-28(24)25/h1-17,19,26H,18H2. The van der Waals surface area contributed by atoms with Crippen LogP contribution in [0.2, 0.25) is 0 Å². The second-order valence-electron chi connectivity index (χ2n) is 7.33. The smallest absolute Gasteiger partial charge is 0.356 e. The summed E-state index contributed by atoms with van der Waals surface area (Å²) in [4.78, 5) is 15.4. The van der Waals surface area contributed by atoms with Gasteiger partial charge in [0.2, 0.25) is 0 Å². The van der Waals surface area contributed by atoms with Crippen molar-refractivity contribution in [1.82, 2.24) is 4.90 Å². The number of fused-ring (bicyclic) bond motifs is 2. The summed E-state index contributed by atoms with van der Waals surface area (Å²) in [6.45, 7) is 0. The highest BCUT2D eigenvalue weighted by molar-refractivity contribution is 8.02. The predicted octanol–water partition coefficient (Wildman–Crippen LogP) is 4.33. The third-order valence-corrected chi connectivity index (χ3v) is 6.22. The molecule has 0 amide bonds. The van der Waals surface area contributed by atoms with E-state index in [2.05, 4.69) is 18.2 Å². The van der Waals surface area contributed by atoms with E-state index in [4.69, 9.17) is 4.74 Å². The van der Waals surface area contributed by atoms with Crippen LogP contribution in [-0.2, 0) is 9.53 Å². The molecule has 0 saturated carbocycles. The molecule has 31 heavy (non-hydrogen) atoms. The largest absolute Gasteiger partial charge is 0.448 e. The Kier molecular flexibility index (Phi) is 5.46. The molecule has 0 bridgehead atoms. The van der Waals surface area contributed by atoms with Gasteiger partial charge >= 0.3 is 5.97 Å². The maximum atomic E-state index is 13.4. The molecule has 3 aromatic rings. The molecule has 0 atom stereocenters. The first-order valence-corrected chi connectivity index (χ1v) is 11.2. The lowest BCUT2D eigenvalue weighted by molar-refractivity contribution is -0.144. The number of carbonyl (C=O) groups is 1. The molecule has 2 aliphatic heterocycles. The topological polar surface area (TPSA) is 29.5 Å². The molecule has 2 heterocycles. The average Bonchev–Trinajstić information content (AvgIpc) is 3.03. The van der Waals surface area contributed by atoms with Crippen LogP contribution >= 0.6 is 11.8 Å². The van der Waals surface area contributed by atoms with Gasteiger partial charge in [0.05, 0.1) is 0 Å². The molecule has 5 rings (SSSR count). The van der Waals surface area contributed by atoms with Crippen LogP contribution in [-0.4, -0.2) is 16.6 Å². The summed E-state index contributed by atoms with van der Waals surface area (Å²) in [6.07, 6.45) is 5.53. The molecule has 0 radical (unpaired) electrons. The lowest BCUT2D eigenvalue weighted by Crippen LogP contribution is -2.35. The third-order valence-electron chi connectivity index (χ3n) is 5.39. The highest BCUT2D eigenvalue weighted by Gasteiger charge is 2.28. The van der Waals surface area contributed by atoms with Crippen LogP contribution in [0, 0.1) is 0 Å². The fourth-order valence-electron chi connectivity index (χ4n) is 3.89. The van der Waals surface area contributed by atoms with Crippen molar-refractivity contribution in [2.45, 2.75) is 6.10 Å². The number of allylic oxidation sites excluding steroid dienone is 1. The zero-order chi connectivity index (χ0) is 21.0. The summed E-state index contributed by atoms with van der Waals surface area (Å²) in [7, 11) is 0. The number of ether oxygens (including phenoxy) is 1. The Morgan fingerprint density at radius 1 is 0.871 bits per heavy atom. The minimum atomic E-state index is -0.471. The Balaban J connectivity index is 1.51. The highest BCUT2D eigenvalue weighted by Crippen LogP contribution is 2.32. The van der Waals surface area contributed by atoms with Gasteiger partial charge in [-0.3, -0.25) is 0 Å². The van der Waals surface area contributed by atoms with Crippen LogP contribution in [0.3, 0.4) is 0 Å². The first-order valence-electron chi connectivity index (χ1n) is 10.2. The van der Waals surface area contributed by atoms with Gasteiger partial charge in [0.15, 0.2) is 6.10 Å². The minimum absolute atomic E-state index is 0.341. The van der Waals surface area contributed by atoms with Crippen molar-refractivity contribution >= 4 is 29.5 Å². The number of esters is 1. The van der Waals surface area contributed by atoms with Gasteiger partial charge in [-0.15, -0.1) is 11.8 Å². The van der Waals surface area contributed by atoms with E-state index in [0.717, 1.165) is 33.0 Å². The molecular formula is C27H21NO2S. The van der Waals surface area contributed by atoms with Crippen LogP contribution in [0.4, 0.5) is 0 Å². The maximum absolute atomic E-state index is 13.4. The van der Waals surface area contributed by atoms with Gasteiger partial charge in [-0.05, 0) is 22.4 Å². The molecular weight excluding hydrogens is 402 g/mol. The minimum Gasteiger partial charge on any atom is -0.448 e. The molecule has 0 unspecified atom stereocenters. The Hall–Kier alpha value is -3.50. The molecule has 2 aliphatic rings. The summed E-state index contributed by atoms with van der Waals surface area (Å²) in [5.74, 6) is 0.457. The normalized spacial score (nSPS) is 14.8. The lowest BCUT2D eigenvalue weighted by Gasteiger charge is -2.29. The van der Waals surface area contributed by atoms with Crippen molar-refractivity contribution in [2.24, 2.45) is 0 Å². The average molecular weight is 424 g/mol. The monoisotopic (exact) mass is 423 g/mol. The van der Waals surface area contributed by atoms with E-state index in [1.165, 1.54) is 0 Å². The van der Waals surface area contributed by atoms with Gasteiger partial charge in [0.25, 0.3) is 0 Å². The van der Waals surface area contributed by atoms with E-state index >= 15 is 0 Å². The molecule has 4 heteroatoms. The summed E-state index contributed by atoms with van der Waals surface area (Å²) in [5, 5.41) is 4.19. The molecule has 0 aromatic heterocycles. The second-order valence-corrected chi connectivity index (χ2v) is 8.19. The van der Waals surface area contributed by atoms with Gasteiger partial charge < -0.3 is 9.64 Å². The number of thioether (sulfide) groups is 1. The SMILES string of the molecule is O=C(OC(c1ccccc1)c1ccccc1)C1=CSCC2=c3ccccc3=CC=CN12. The second kappa shape index (κ2) is 8.70. The Labute approximate surface area is 185 Å². The van der Waals surface area contributed by atoms with Crippen molar-refractivity contribution in [3.63, 3.8) is 0 Å². The zero-order valence-electron chi connectivity index (χ0n) is 16.8. The molecule has 0 aliphatic carbocycles. The van der Waals surface area contributed by atoms with E-state index in [1.807, 2.05) is 95.4 Å². The summed E-state index contributed by atoms with van der Waals surface area (Å²) >= 11 is 1.62. The summed E-state index contributed by atoms with van der Waals surface area (Å²) in [5.41, 5.74) is 3.52. The lowest BCUT2D eigenvalue weighted by atomic mass is 10.0. The van der Waals surface area contributed by atoms with E-state index < -0.39 is 6.10 Å². The fourth-order valence-corrected chi connectivity index (χ4v) is 4.79. The number of nitrogens with zero attached hydrogens (tertiary/aromatic N) is 1. The first-order chi connectivity index (χ1) is 15.3. The van der Waals surface area contributed by atoms with Crippen molar-refractivity contribution in [3.8, 4) is 0 Å². The predicted molar refractivity (Wildman–Crippen MR) is 126 cm³/mol. The number of benzene rings is 3. The Morgan fingerprint density at radius 3 is 2.23 bits per heavy atom. The van der Waals surface area contributed by atoms with Crippen molar-refractivity contribution in [1.29, 1.82) is 0 Å². The van der Waals surface area contributed by atoms with E-state index in [0.29, 0.717) is 5.70 Å². The van der Waals surface area contributed by atoms with Crippen LogP contribution in [0.15, 0.2) is 108 Å². The number of hydrogen-bond acceptors (Lipinski definition) is 4. The zero-order valence-corrected chi connectivity index (χ0v) is 17.7. The first kappa shape index (κ1) is 19.5. The van der Waals surface area contributed by atoms with Crippen LogP contribution < -0.4 is 10.4 Å². The van der Waals surface area contributed by atoms with E-state index in [9.17, 15) is 4.79 Å². The quantitative estimate of drug-likeness (QED) is 0.585. The number of carbonyl (C=O) groups excluding carboxylic acids is 1. The molecule has 152 valence electrons. The van der Waals surface area contributed by atoms with Gasteiger partial charge in [-0.2, -0.15) is 0 Å². The third kappa shape index (κ3) is 3.94. The molecule has 0 saturated heterocycles. The molecule has 0 spiro atoms. The van der Waals surface area contributed by atoms with Crippen molar-refractivity contribution in [2.75, 3.05) is 5.75 Å². The molecule has 3 nitrogen and oxygen atoms in total. The number of rotatable bonds is 4. The van der Waals surface area contributed by atoms with Gasteiger partial charge in [0.1, 0.15) is 5.70 Å². The highest BCUT2D eigenvalue weighted by atomic mass is 32.2. The molecule has 3 aromatic carbocycles. The van der Waals surface area contributed by atoms with Gasteiger partial charge in [-0.25, -0.2) is 4.79 Å². The van der Waals surface area contributed by atoms with Crippen LogP contribution in [0.25, 0.3) is 11.8 Å².